The molecule has 11 nitrogen and oxygen atoms in total. The van der Waals surface area contributed by atoms with Crippen molar-refractivity contribution in [2.45, 2.75) is 0 Å². The zero-order valence-corrected chi connectivity index (χ0v) is 16.8. The van der Waals surface area contributed by atoms with Crippen molar-refractivity contribution < 1.29 is 14.1 Å². The number of halogens is 1. The fourth-order valence-corrected chi connectivity index (χ4v) is 2.88. The number of hydrazone groups is 1. The monoisotopic (exact) mass is 438 g/mol. The summed E-state index contributed by atoms with van der Waals surface area (Å²) in [7, 11) is 0. The van der Waals surface area contributed by atoms with E-state index in [1.807, 2.05) is 4.90 Å². The Kier molecular flexibility index (Phi) is 6.41. The van der Waals surface area contributed by atoms with Gasteiger partial charge in [-0.3, -0.25) is 10.1 Å². The zero-order chi connectivity index (χ0) is 22.3. The van der Waals surface area contributed by atoms with Crippen LogP contribution in [-0.4, -0.2) is 52.4 Å². The van der Waals surface area contributed by atoms with Gasteiger partial charge in [0, 0.05) is 30.9 Å². The molecule has 0 radical (unpaired) electrons. The number of ether oxygens (including phenoxy) is 1. The maximum atomic E-state index is 13.2. The summed E-state index contributed by atoms with van der Waals surface area (Å²) in [6.07, 6.45) is 1.50. The summed E-state index contributed by atoms with van der Waals surface area (Å²) >= 11 is 0. The Hall–Kier alpha value is -4.19. The van der Waals surface area contributed by atoms with E-state index in [0.29, 0.717) is 43.5 Å². The van der Waals surface area contributed by atoms with E-state index in [9.17, 15) is 14.5 Å². The molecule has 2 heterocycles. The lowest BCUT2D eigenvalue weighted by atomic mass is 10.2. The summed E-state index contributed by atoms with van der Waals surface area (Å²) in [5.74, 6) is 0.564. The number of morpholine rings is 1. The van der Waals surface area contributed by atoms with Crippen molar-refractivity contribution in [2.75, 3.05) is 41.9 Å². The minimum absolute atomic E-state index is 0.000705. The van der Waals surface area contributed by atoms with Gasteiger partial charge in [0.25, 0.3) is 5.69 Å². The zero-order valence-electron chi connectivity index (χ0n) is 16.8. The van der Waals surface area contributed by atoms with Crippen LogP contribution in [0.15, 0.2) is 53.6 Å². The van der Waals surface area contributed by atoms with Crippen molar-refractivity contribution in [3.8, 4) is 0 Å². The highest BCUT2D eigenvalue weighted by molar-refractivity contribution is 5.80. The van der Waals surface area contributed by atoms with Gasteiger partial charge in [-0.1, -0.05) is 0 Å². The molecule has 1 aromatic heterocycles. The van der Waals surface area contributed by atoms with E-state index in [0.717, 1.165) is 0 Å². The lowest BCUT2D eigenvalue weighted by Gasteiger charge is -2.27. The van der Waals surface area contributed by atoms with Gasteiger partial charge in [0.15, 0.2) is 0 Å². The van der Waals surface area contributed by atoms with Crippen LogP contribution in [-0.2, 0) is 4.74 Å². The Morgan fingerprint density at radius 1 is 1.03 bits per heavy atom. The molecule has 0 amide bonds. The van der Waals surface area contributed by atoms with E-state index >= 15 is 0 Å². The second kappa shape index (κ2) is 9.75. The van der Waals surface area contributed by atoms with E-state index in [1.54, 1.807) is 24.3 Å². The van der Waals surface area contributed by atoms with Gasteiger partial charge in [-0.25, -0.2) is 9.82 Å². The number of non-ortho nitro benzene ring substituents is 1. The number of hydrogen-bond donors (Lipinski definition) is 2. The number of nitrogens with one attached hydrogen (secondary N) is 2. The summed E-state index contributed by atoms with van der Waals surface area (Å²) in [4.78, 5) is 25.4. The molecule has 164 valence electrons. The summed E-state index contributed by atoms with van der Waals surface area (Å²) in [6, 6.07) is 11.8. The Morgan fingerprint density at radius 3 is 2.41 bits per heavy atom. The van der Waals surface area contributed by atoms with Crippen LogP contribution in [0.3, 0.4) is 0 Å². The van der Waals surface area contributed by atoms with Crippen molar-refractivity contribution in [1.29, 1.82) is 0 Å². The van der Waals surface area contributed by atoms with E-state index in [-0.39, 0.29) is 23.4 Å². The largest absolute Gasteiger partial charge is 0.378 e. The molecular weight excluding hydrogens is 419 g/mol. The first-order valence-electron chi connectivity index (χ1n) is 9.72. The smallest absolute Gasteiger partial charge is 0.269 e. The quantitative estimate of drug-likeness (QED) is 0.325. The molecule has 1 saturated heterocycles. The standard InChI is InChI=1S/C20H19FN8O3/c21-15-3-5-16(6-4-15)23-18-24-19(26-20(25-18)28-9-11-32-12-10-28)27-22-13-14-1-7-17(8-2-14)29(30)31/h1-8,13H,9-12H2,(H2,23,24,25,26,27). The summed E-state index contributed by atoms with van der Waals surface area (Å²) in [5.41, 5.74) is 4.04. The van der Waals surface area contributed by atoms with E-state index in [4.69, 9.17) is 4.74 Å². The molecule has 3 aromatic rings. The van der Waals surface area contributed by atoms with Gasteiger partial charge in [0.05, 0.1) is 24.4 Å². The van der Waals surface area contributed by atoms with Crippen LogP contribution in [0, 0.1) is 15.9 Å². The number of aromatic nitrogens is 3. The molecule has 2 N–H and O–H groups in total. The maximum absolute atomic E-state index is 13.2. The molecule has 0 unspecified atom stereocenters. The highest BCUT2D eigenvalue weighted by atomic mass is 19.1. The van der Waals surface area contributed by atoms with Crippen LogP contribution in [0.1, 0.15) is 5.56 Å². The Morgan fingerprint density at radius 2 is 1.72 bits per heavy atom. The molecule has 0 atom stereocenters. The van der Waals surface area contributed by atoms with Crippen molar-refractivity contribution in [1.82, 2.24) is 15.0 Å². The van der Waals surface area contributed by atoms with Crippen LogP contribution >= 0.6 is 0 Å². The van der Waals surface area contributed by atoms with Crippen LogP contribution < -0.4 is 15.6 Å². The van der Waals surface area contributed by atoms with E-state index in [1.165, 1.54) is 30.5 Å². The van der Waals surface area contributed by atoms with Gasteiger partial charge in [0.1, 0.15) is 5.82 Å². The first kappa shape index (κ1) is 21.1. The number of benzene rings is 2. The maximum Gasteiger partial charge on any atom is 0.269 e. The summed E-state index contributed by atoms with van der Waals surface area (Å²) in [6.45, 7) is 2.39. The van der Waals surface area contributed by atoms with E-state index in [2.05, 4.69) is 30.8 Å². The molecule has 1 aliphatic heterocycles. The molecule has 4 rings (SSSR count). The Bertz CT molecular complexity index is 1100. The lowest BCUT2D eigenvalue weighted by molar-refractivity contribution is -0.384. The second-order valence-electron chi connectivity index (χ2n) is 6.73. The average Bonchev–Trinajstić information content (AvgIpc) is 2.81. The number of anilines is 4. The normalized spacial score (nSPS) is 13.8. The van der Waals surface area contributed by atoms with Gasteiger partial charge in [-0.05, 0) is 42.0 Å². The third kappa shape index (κ3) is 5.49. The third-order valence-electron chi connectivity index (χ3n) is 4.50. The molecule has 1 fully saturated rings. The van der Waals surface area contributed by atoms with Gasteiger partial charge >= 0.3 is 0 Å². The molecule has 0 saturated carbocycles. The fourth-order valence-electron chi connectivity index (χ4n) is 2.88. The van der Waals surface area contributed by atoms with Crippen molar-refractivity contribution in [3.63, 3.8) is 0 Å². The number of nitro groups is 1. The van der Waals surface area contributed by atoms with Gasteiger partial charge < -0.3 is 15.0 Å². The van der Waals surface area contributed by atoms with Crippen molar-refractivity contribution >= 4 is 35.4 Å². The first-order chi connectivity index (χ1) is 15.6. The SMILES string of the molecule is O=[N+]([O-])c1ccc(C=NNc2nc(Nc3ccc(F)cc3)nc(N3CCOCC3)n2)cc1. The molecule has 32 heavy (non-hydrogen) atoms. The Balaban J connectivity index is 1.53. The predicted octanol–water partition coefficient (Wildman–Crippen LogP) is 2.95. The summed E-state index contributed by atoms with van der Waals surface area (Å²) in [5, 5.41) is 17.9. The Labute approximate surface area is 182 Å². The second-order valence-corrected chi connectivity index (χ2v) is 6.73. The molecule has 12 heteroatoms. The average molecular weight is 438 g/mol. The van der Waals surface area contributed by atoms with Gasteiger partial charge in [0.2, 0.25) is 17.8 Å². The molecule has 1 aliphatic rings. The van der Waals surface area contributed by atoms with Crippen molar-refractivity contribution in [2.24, 2.45) is 5.10 Å². The number of nitrogens with zero attached hydrogens (tertiary/aromatic N) is 6. The minimum Gasteiger partial charge on any atom is -0.378 e. The summed E-state index contributed by atoms with van der Waals surface area (Å²) < 4.78 is 18.6. The fraction of sp³-hybridized carbons (Fsp3) is 0.200. The molecule has 0 aliphatic carbocycles. The predicted molar refractivity (Wildman–Crippen MR) is 117 cm³/mol. The molecular formula is C20H19FN8O3. The first-order valence-corrected chi connectivity index (χ1v) is 9.72. The van der Waals surface area contributed by atoms with E-state index < -0.39 is 4.92 Å². The van der Waals surface area contributed by atoms with Crippen LogP contribution in [0.5, 0.6) is 0 Å². The van der Waals surface area contributed by atoms with Gasteiger partial charge in [-0.2, -0.15) is 20.1 Å². The molecule has 2 aromatic carbocycles. The molecule has 0 bridgehead atoms. The minimum atomic E-state index is -0.465. The van der Waals surface area contributed by atoms with Crippen LogP contribution in [0.4, 0.5) is 33.6 Å². The highest BCUT2D eigenvalue weighted by Gasteiger charge is 2.16. The third-order valence-corrected chi connectivity index (χ3v) is 4.50. The number of nitro benzene ring substituents is 1. The van der Waals surface area contributed by atoms with Crippen LogP contribution in [0.25, 0.3) is 0 Å². The number of hydrogen-bond acceptors (Lipinski definition) is 10. The highest BCUT2D eigenvalue weighted by Crippen LogP contribution is 2.19. The molecule has 0 spiro atoms. The van der Waals surface area contributed by atoms with Crippen molar-refractivity contribution in [3.05, 3.63) is 70.0 Å². The van der Waals surface area contributed by atoms with Gasteiger partial charge in [-0.15, -0.1) is 0 Å². The topological polar surface area (TPSA) is 131 Å². The number of rotatable bonds is 7. The lowest BCUT2D eigenvalue weighted by Crippen LogP contribution is -2.37. The van der Waals surface area contributed by atoms with Crippen LogP contribution in [0.2, 0.25) is 0 Å².